The number of aromatic nitrogens is 2. The summed E-state index contributed by atoms with van der Waals surface area (Å²) in [6.07, 6.45) is 0. The van der Waals surface area contributed by atoms with Crippen LogP contribution < -0.4 is 10.4 Å². The molecule has 0 bridgehead atoms. The second kappa shape index (κ2) is 8.25. The zero-order chi connectivity index (χ0) is 17.8. The van der Waals surface area contributed by atoms with Gasteiger partial charge in [0, 0.05) is 29.0 Å². The van der Waals surface area contributed by atoms with Crippen LogP contribution in [-0.4, -0.2) is 23.1 Å². The van der Waals surface area contributed by atoms with Crippen LogP contribution in [0.5, 0.6) is 5.75 Å². The number of fused-ring (bicyclic) bond motifs is 1. The molecule has 3 rings (SSSR count). The van der Waals surface area contributed by atoms with Gasteiger partial charge in [-0.25, -0.2) is 4.79 Å². The molecule has 0 unspecified atom stereocenters. The lowest BCUT2D eigenvalue weighted by Gasteiger charge is -2.05. The molecule has 0 aliphatic heterocycles. The Morgan fingerprint density at radius 1 is 1.20 bits per heavy atom. The van der Waals surface area contributed by atoms with Gasteiger partial charge in [0.15, 0.2) is 8.68 Å². The predicted octanol–water partition coefficient (Wildman–Crippen LogP) is 4.69. The number of hydrogen-bond donors (Lipinski definition) is 0. The van der Waals surface area contributed by atoms with Crippen molar-refractivity contribution in [2.75, 3.05) is 12.9 Å². The van der Waals surface area contributed by atoms with Gasteiger partial charge in [0.05, 0.1) is 7.11 Å². The van der Waals surface area contributed by atoms with Gasteiger partial charge in [-0.1, -0.05) is 48.7 Å². The molecule has 0 radical (unpaired) electrons. The molecule has 0 spiro atoms. The molecule has 8 heteroatoms. The minimum atomic E-state index is -0.359. The van der Waals surface area contributed by atoms with Gasteiger partial charge in [0.2, 0.25) is 0 Å². The largest absolute Gasteiger partial charge is 0.497 e. The van der Waals surface area contributed by atoms with Gasteiger partial charge in [-0.15, -0.1) is 10.2 Å². The maximum Gasteiger partial charge on any atom is 0.336 e. The summed E-state index contributed by atoms with van der Waals surface area (Å²) in [5, 5.41) is 9.35. The zero-order valence-corrected chi connectivity index (χ0v) is 16.6. The van der Waals surface area contributed by atoms with Crippen molar-refractivity contribution in [3.05, 3.63) is 40.2 Å². The summed E-state index contributed by atoms with van der Waals surface area (Å²) in [7, 11) is 1.59. The summed E-state index contributed by atoms with van der Waals surface area (Å²) in [4.78, 5) is 11.8. The highest BCUT2D eigenvalue weighted by atomic mass is 32.2. The van der Waals surface area contributed by atoms with Crippen LogP contribution in [0.15, 0.2) is 42.2 Å². The SMILES string of the molecule is COc1ccc2c(CSc3nnc(SCC(C)C)s3)cc(=O)oc2c1. The lowest BCUT2D eigenvalue weighted by molar-refractivity contribution is 0.414. The van der Waals surface area contributed by atoms with Gasteiger partial charge in [-0.3, -0.25) is 0 Å². The average molecular weight is 395 g/mol. The first-order valence-electron chi connectivity index (χ1n) is 7.75. The summed E-state index contributed by atoms with van der Waals surface area (Å²) < 4.78 is 12.4. The number of nitrogens with zero attached hydrogens (tertiary/aromatic N) is 2. The van der Waals surface area contributed by atoms with E-state index < -0.39 is 0 Å². The van der Waals surface area contributed by atoms with Crippen molar-refractivity contribution >= 4 is 45.8 Å². The molecular weight excluding hydrogens is 376 g/mol. The number of methoxy groups -OCH3 is 1. The Labute approximate surface area is 158 Å². The third-order valence-corrected chi connectivity index (χ3v) is 6.98. The van der Waals surface area contributed by atoms with Crippen molar-refractivity contribution in [3.63, 3.8) is 0 Å². The molecule has 0 saturated heterocycles. The van der Waals surface area contributed by atoms with Crippen LogP contribution in [-0.2, 0) is 5.75 Å². The molecule has 132 valence electrons. The standard InChI is InChI=1S/C17H18N2O3S3/c1-10(2)8-23-16-18-19-17(25-16)24-9-11-6-15(20)22-14-7-12(21-3)4-5-13(11)14/h4-7,10H,8-9H2,1-3H3. The molecule has 5 nitrogen and oxygen atoms in total. The highest BCUT2D eigenvalue weighted by Gasteiger charge is 2.10. The monoisotopic (exact) mass is 394 g/mol. The molecule has 0 fully saturated rings. The van der Waals surface area contributed by atoms with E-state index in [0.29, 0.717) is 23.0 Å². The van der Waals surface area contributed by atoms with Crippen LogP contribution in [0.2, 0.25) is 0 Å². The van der Waals surface area contributed by atoms with Crippen LogP contribution in [0.25, 0.3) is 11.0 Å². The number of rotatable bonds is 7. The fourth-order valence-electron chi connectivity index (χ4n) is 2.15. The van der Waals surface area contributed by atoms with Crippen molar-refractivity contribution in [1.29, 1.82) is 0 Å². The summed E-state index contributed by atoms with van der Waals surface area (Å²) in [6.45, 7) is 4.37. The molecule has 0 atom stereocenters. The second-order valence-corrected chi connectivity index (χ2v) is 9.25. The number of thioether (sulfide) groups is 2. The molecule has 0 N–H and O–H groups in total. The fourth-order valence-corrected chi connectivity index (χ4v) is 5.14. The lowest BCUT2D eigenvalue weighted by atomic mass is 10.1. The lowest BCUT2D eigenvalue weighted by Crippen LogP contribution is -2.00. The summed E-state index contributed by atoms with van der Waals surface area (Å²) >= 11 is 4.91. The minimum absolute atomic E-state index is 0.359. The Hall–Kier alpha value is -1.51. The Bertz CT molecular complexity index is 921. The van der Waals surface area contributed by atoms with Crippen molar-refractivity contribution < 1.29 is 9.15 Å². The van der Waals surface area contributed by atoms with E-state index in [-0.39, 0.29) is 5.63 Å². The van der Waals surface area contributed by atoms with Gasteiger partial charge in [0.1, 0.15) is 11.3 Å². The molecule has 3 aromatic rings. The maximum atomic E-state index is 11.8. The van der Waals surface area contributed by atoms with Crippen molar-refractivity contribution in [3.8, 4) is 5.75 Å². The van der Waals surface area contributed by atoms with Gasteiger partial charge in [-0.05, 0) is 23.6 Å². The molecule has 0 saturated carbocycles. The predicted molar refractivity (Wildman–Crippen MR) is 104 cm³/mol. The molecule has 25 heavy (non-hydrogen) atoms. The normalized spacial score (nSPS) is 11.4. The third kappa shape index (κ3) is 4.77. The van der Waals surface area contributed by atoms with E-state index in [1.165, 1.54) is 6.07 Å². The van der Waals surface area contributed by atoms with E-state index in [2.05, 4.69) is 24.0 Å². The van der Waals surface area contributed by atoms with E-state index in [9.17, 15) is 4.79 Å². The van der Waals surface area contributed by atoms with Crippen LogP contribution in [0.1, 0.15) is 19.4 Å². The van der Waals surface area contributed by atoms with Crippen molar-refractivity contribution in [2.24, 2.45) is 5.92 Å². The fraction of sp³-hybridized carbons (Fsp3) is 0.353. The summed E-state index contributed by atoms with van der Waals surface area (Å²) in [5.41, 5.74) is 1.10. The molecule has 2 heterocycles. The number of benzene rings is 1. The molecule has 0 aliphatic carbocycles. The van der Waals surface area contributed by atoms with Gasteiger partial charge < -0.3 is 9.15 Å². The smallest absolute Gasteiger partial charge is 0.336 e. The van der Waals surface area contributed by atoms with Gasteiger partial charge in [0.25, 0.3) is 0 Å². The Morgan fingerprint density at radius 3 is 2.68 bits per heavy atom. The topological polar surface area (TPSA) is 65.2 Å². The second-order valence-electron chi connectivity index (χ2n) is 5.78. The average Bonchev–Trinajstić information content (AvgIpc) is 3.05. The Balaban J connectivity index is 1.76. The van der Waals surface area contributed by atoms with E-state index in [0.717, 1.165) is 25.4 Å². The van der Waals surface area contributed by atoms with Gasteiger partial charge in [-0.2, -0.15) is 0 Å². The molecule has 2 aromatic heterocycles. The first-order chi connectivity index (χ1) is 12.0. The van der Waals surface area contributed by atoms with E-state index in [1.807, 2.05) is 12.1 Å². The van der Waals surface area contributed by atoms with E-state index >= 15 is 0 Å². The van der Waals surface area contributed by atoms with Crippen LogP contribution in [0, 0.1) is 5.92 Å². The first kappa shape index (κ1) is 18.3. The third-order valence-electron chi connectivity index (χ3n) is 3.32. The molecule has 1 aromatic carbocycles. The van der Waals surface area contributed by atoms with Crippen molar-refractivity contribution in [2.45, 2.75) is 28.3 Å². The minimum Gasteiger partial charge on any atom is -0.497 e. The number of ether oxygens (including phenoxy) is 1. The van der Waals surface area contributed by atoms with Crippen LogP contribution >= 0.6 is 34.9 Å². The molecule has 0 aliphatic rings. The zero-order valence-electron chi connectivity index (χ0n) is 14.1. The molecule has 0 amide bonds. The van der Waals surface area contributed by atoms with E-state index in [1.54, 1.807) is 48.0 Å². The Morgan fingerprint density at radius 2 is 1.96 bits per heavy atom. The van der Waals surface area contributed by atoms with Crippen LogP contribution in [0.4, 0.5) is 0 Å². The first-order valence-corrected chi connectivity index (χ1v) is 10.5. The summed E-state index contributed by atoms with van der Waals surface area (Å²) in [5.74, 6) is 2.96. The summed E-state index contributed by atoms with van der Waals surface area (Å²) in [6, 6.07) is 7.05. The van der Waals surface area contributed by atoms with E-state index in [4.69, 9.17) is 9.15 Å². The van der Waals surface area contributed by atoms with Crippen molar-refractivity contribution in [1.82, 2.24) is 10.2 Å². The molecular formula is C17H18N2O3S3. The van der Waals surface area contributed by atoms with Gasteiger partial charge >= 0.3 is 5.63 Å². The highest BCUT2D eigenvalue weighted by molar-refractivity contribution is 8.02. The number of hydrogen-bond acceptors (Lipinski definition) is 8. The quantitative estimate of drug-likeness (QED) is 0.425. The Kier molecular flexibility index (Phi) is 6.03. The van der Waals surface area contributed by atoms with Crippen LogP contribution in [0.3, 0.4) is 0 Å². The maximum absolute atomic E-state index is 11.8. The highest BCUT2D eigenvalue weighted by Crippen LogP contribution is 2.33.